The van der Waals surface area contributed by atoms with Crippen molar-refractivity contribution in [1.82, 2.24) is 9.97 Å². The Morgan fingerprint density at radius 1 is 1.11 bits per heavy atom. The van der Waals surface area contributed by atoms with Crippen molar-refractivity contribution >= 4 is 23.4 Å². The van der Waals surface area contributed by atoms with Crippen molar-refractivity contribution in [2.45, 2.75) is 26.2 Å². The molecule has 0 aliphatic carbocycles. The predicted molar refractivity (Wildman–Crippen MR) is 79.9 cm³/mol. The Morgan fingerprint density at radius 2 is 1.79 bits per heavy atom. The van der Waals surface area contributed by atoms with Crippen LogP contribution in [0.25, 0.3) is 11.3 Å². The molecule has 0 aliphatic rings. The molecule has 0 saturated heterocycles. The lowest BCUT2D eigenvalue weighted by molar-refractivity contribution is 0.792. The number of nitrogens with two attached hydrogens (primary N) is 2. The number of halogens is 1. The van der Waals surface area contributed by atoms with Crippen molar-refractivity contribution < 1.29 is 0 Å². The van der Waals surface area contributed by atoms with Crippen molar-refractivity contribution in [2.75, 3.05) is 11.5 Å². The lowest BCUT2D eigenvalue weighted by Gasteiger charge is -2.11. The second-order valence-electron chi connectivity index (χ2n) is 4.40. The third-order valence-electron chi connectivity index (χ3n) is 2.95. The summed E-state index contributed by atoms with van der Waals surface area (Å²) >= 11 is 5.90. The Morgan fingerprint density at radius 3 is 2.42 bits per heavy atom. The van der Waals surface area contributed by atoms with Crippen LogP contribution in [0, 0.1) is 0 Å². The van der Waals surface area contributed by atoms with Crippen LogP contribution in [0.2, 0.25) is 5.02 Å². The smallest absolute Gasteiger partial charge is 0.222 e. The van der Waals surface area contributed by atoms with Gasteiger partial charge < -0.3 is 11.5 Å². The maximum absolute atomic E-state index is 5.97. The number of nitrogens with zero attached hydrogens (tertiary/aromatic N) is 2. The number of rotatable bonds is 4. The summed E-state index contributed by atoms with van der Waals surface area (Å²) in [7, 11) is 0. The maximum Gasteiger partial charge on any atom is 0.222 e. The topological polar surface area (TPSA) is 77.8 Å². The van der Waals surface area contributed by atoms with Crippen molar-refractivity contribution in [3.05, 3.63) is 34.9 Å². The molecule has 0 atom stereocenters. The fraction of sp³-hybridized carbons (Fsp3) is 0.286. The third-order valence-corrected chi connectivity index (χ3v) is 3.21. The van der Waals surface area contributed by atoms with Crippen LogP contribution in [0.5, 0.6) is 0 Å². The lowest BCUT2D eigenvalue weighted by atomic mass is 10.0. The maximum atomic E-state index is 5.97. The van der Waals surface area contributed by atoms with Gasteiger partial charge in [-0.15, -0.1) is 0 Å². The number of nitrogen functional groups attached to an aromatic ring is 2. The van der Waals surface area contributed by atoms with Crippen molar-refractivity contribution in [2.24, 2.45) is 0 Å². The fourth-order valence-electron chi connectivity index (χ4n) is 1.97. The molecule has 0 amide bonds. The van der Waals surface area contributed by atoms with E-state index in [0.29, 0.717) is 10.8 Å². The molecule has 1 aromatic heterocycles. The minimum atomic E-state index is 0.197. The predicted octanol–water partition coefficient (Wildman–Crippen LogP) is 3.30. The summed E-state index contributed by atoms with van der Waals surface area (Å²) in [6, 6.07) is 7.49. The highest BCUT2D eigenvalue weighted by molar-refractivity contribution is 6.30. The monoisotopic (exact) mass is 276 g/mol. The summed E-state index contributed by atoms with van der Waals surface area (Å²) in [5.41, 5.74) is 14.4. The van der Waals surface area contributed by atoms with Gasteiger partial charge >= 0.3 is 0 Å². The molecule has 5 heteroatoms. The number of anilines is 2. The van der Waals surface area contributed by atoms with Crippen LogP contribution in [0.4, 0.5) is 11.8 Å². The summed E-state index contributed by atoms with van der Waals surface area (Å²) in [4.78, 5) is 8.38. The van der Waals surface area contributed by atoms with Crippen LogP contribution in [0.15, 0.2) is 24.3 Å². The normalized spacial score (nSPS) is 10.6. The highest BCUT2D eigenvalue weighted by Gasteiger charge is 2.12. The standard InChI is InChI=1S/C14H17ClN4/c1-2-3-4-11-12(18-14(17)19-13(11)16)9-5-7-10(15)8-6-9/h5-8H,2-4H2,1H3,(H4,16,17,18,19). The molecule has 1 aromatic carbocycles. The van der Waals surface area contributed by atoms with Gasteiger partial charge in [0.05, 0.1) is 5.69 Å². The summed E-state index contributed by atoms with van der Waals surface area (Å²) in [5.74, 6) is 0.661. The molecular formula is C14H17ClN4. The number of unbranched alkanes of at least 4 members (excludes halogenated alkanes) is 1. The summed E-state index contributed by atoms with van der Waals surface area (Å²) < 4.78 is 0. The molecule has 100 valence electrons. The van der Waals surface area contributed by atoms with Gasteiger partial charge in [0.1, 0.15) is 5.82 Å². The van der Waals surface area contributed by atoms with E-state index in [2.05, 4.69) is 16.9 Å². The van der Waals surface area contributed by atoms with E-state index in [1.807, 2.05) is 24.3 Å². The largest absolute Gasteiger partial charge is 0.383 e. The Bertz CT molecular complexity index is 566. The van der Waals surface area contributed by atoms with Crippen LogP contribution in [0.1, 0.15) is 25.3 Å². The molecule has 0 saturated carbocycles. The van der Waals surface area contributed by atoms with Gasteiger partial charge in [-0.1, -0.05) is 37.1 Å². The number of hydrogen-bond donors (Lipinski definition) is 2. The van der Waals surface area contributed by atoms with Gasteiger partial charge in [-0.25, -0.2) is 4.98 Å². The van der Waals surface area contributed by atoms with Gasteiger partial charge in [-0.05, 0) is 25.0 Å². The first kappa shape index (κ1) is 13.6. The van der Waals surface area contributed by atoms with Gasteiger partial charge in [0.25, 0.3) is 0 Å². The molecule has 2 rings (SSSR count). The molecular weight excluding hydrogens is 260 g/mol. The zero-order valence-electron chi connectivity index (χ0n) is 10.9. The van der Waals surface area contributed by atoms with Crippen LogP contribution >= 0.6 is 11.6 Å². The van der Waals surface area contributed by atoms with E-state index in [1.54, 1.807) is 0 Å². The van der Waals surface area contributed by atoms with E-state index in [1.165, 1.54) is 0 Å². The molecule has 0 bridgehead atoms. The van der Waals surface area contributed by atoms with E-state index >= 15 is 0 Å². The van der Waals surface area contributed by atoms with E-state index < -0.39 is 0 Å². The van der Waals surface area contributed by atoms with Gasteiger partial charge in [-0.3, -0.25) is 0 Å². The zero-order chi connectivity index (χ0) is 13.8. The zero-order valence-corrected chi connectivity index (χ0v) is 11.6. The molecule has 2 aromatic rings. The fourth-order valence-corrected chi connectivity index (χ4v) is 2.09. The van der Waals surface area contributed by atoms with Gasteiger partial charge in [0.2, 0.25) is 5.95 Å². The average molecular weight is 277 g/mol. The summed E-state index contributed by atoms with van der Waals surface area (Å²) in [6.07, 6.45) is 2.97. The van der Waals surface area contributed by atoms with Crippen molar-refractivity contribution in [1.29, 1.82) is 0 Å². The van der Waals surface area contributed by atoms with Crippen LogP contribution in [-0.4, -0.2) is 9.97 Å². The summed E-state index contributed by atoms with van der Waals surface area (Å²) in [6.45, 7) is 2.14. The Labute approximate surface area is 117 Å². The first-order valence-electron chi connectivity index (χ1n) is 6.29. The van der Waals surface area contributed by atoms with Gasteiger partial charge in [0.15, 0.2) is 0 Å². The first-order chi connectivity index (χ1) is 9.11. The molecule has 4 nitrogen and oxygen atoms in total. The summed E-state index contributed by atoms with van der Waals surface area (Å²) in [5, 5.41) is 0.689. The number of benzene rings is 1. The molecule has 0 spiro atoms. The Hall–Kier alpha value is -1.81. The second-order valence-corrected chi connectivity index (χ2v) is 4.84. The van der Waals surface area contributed by atoms with Crippen LogP contribution in [-0.2, 0) is 6.42 Å². The molecule has 19 heavy (non-hydrogen) atoms. The lowest BCUT2D eigenvalue weighted by Crippen LogP contribution is -2.07. The number of hydrogen-bond acceptors (Lipinski definition) is 4. The number of aromatic nitrogens is 2. The highest BCUT2D eigenvalue weighted by Crippen LogP contribution is 2.28. The van der Waals surface area contributed by atoms with E-state index in [9.17, 15) is 0 Å². The van der Waals surface area contributed by atoms with Crippen LogP contribution in [0.3, 0.4) is 0 Å². The minimum absolute atomic E-state index is 0.197. The van der Waals surface area contributed by atoms with E-state index in [4.69, 9.17) is 23.1 Å². The first-order valence-corrected chi connectivity index (χ1v) is 6.67. The van der Waals surface area contributed by atoms with Gasteiger partial charge in [0, 0.05) is 16.1 Å². The average Bonchev–Trinajstić information content (AvgIpc) is 2.38. The molecule has 0 aliphatic heterocycles. The minimum Gasteiger partial charge on any atom is -0.383 e. The van der Waals surface area contributed by atoms with Crippen molar-refractivity contribution in [3.8, 4) is 11.3 Å². The molecule has 0 radical (unpaired) electrons. The Balaban J connectivity index is 2.50. The van der Waals surface area contributed by atoms with Gasteiger partial charge in [-0.2, -0.15) is 4.98 Å². The highest BCUT2D eigenvalue weighted by atomic mass is 35.5. The molecule has 4 N–H and O–H groups in total. The molecule has 1 heterocycles. The molecule has 0 unspecified atom stereocenters. The Kier molecular flexibility index (Phi) is 4.22. The quantitative estimate of drug-likeness (QED) is 0.898. The third kappa shape index (κ3) is 3.15. The SMILES string of the molecule is CCCCc1c(N)nc(N)nc1-c1ccc(Cl)cc1. The van der Waals surface area contributed by atoms with Crippen molar-refractivity contribution in [3.63, 3.8) is 0 Å². The van der Waals surface area contributed by atoms with E-state index in [0.717, 1.165) is 36.1 Å². The second kappa shape index (κ2) is 5.89. The van der Waals surface area contributed by atoms with Crippen LogP contribution < -0.4 is 11.5 Å². The molecule has 0 fully saturated rings. The van der Waals surface area contributed by atoms with E-state index in [-0.39, 0.29) is 5.95 Å².